The molecule has 0 saturated carbocycles. The van der Waals surface area contributed by atoms with E-state index < -0.39 is 0 Å². The Kier molecular flexibility index (Phi) is 3.96. The summed E-state index contributed by atoms with van der Waals surface area (Å²) in [7, 11) is 0. The van der Waals surface area contributed by atoms with Gasteiger partial charge in [-0.25, -0.2) is 9.97 Å². The minimum Gasteiger partial charge on any atom is -0.378 e. The maximum absolute atomic E-state index is 12.0. The normalized spacial score (nSPS) is 17.2. The van der Waals surface area contributed by atoms with Gasteiger partial charge in [-0.05, 0) is 31.0 Å². The summed E-state index contributed by atoms with van der Waals surface area (Å²) in [6.45, 7) is 0.764. The molecule has 0 bridgehead atoms. The van der Waals surface area contributed by atoms with Gasteiger partial charge in [0.15, 0.2) is 0 Å². The first-order valence-corrected chi connectivity index (χ1v) is 8.09. The van der Waals surface area contributed by atoms with E-state index >= 15 is 0 Å². The molecular weight excluding hydrogens is 304 g/mol. The van der Waals surface area contributed by atoms with E-state index in [-0.39, 0.29) is 12.0 Å². The molecule has 24 heavy (non-hydrogen) atoms. The van der Waals surface area contributed by atoms with Crippen molar-refractivity contribution < 1.29 is 9.53 Å². The molecule has 1 amide bonds. The topological polar surface area (TPSA) is 68.5 Å². The van der Waals surface area contributed by atoms with Crippen LogP contribution >= 0.6 is 0 Å². The van der Waals surface area contributed by atoms with Gasteiger partial charge in [0.2, 0.25) is 11.7 Å². The summed E-state index contributed by atoms with van der Waals surface area (Å²) in [5.41, 5.74) is 2.62. The Morgan fingerprint density at radius 3 is 2.96 bits per heavy atom. The number of carbonyl (C=O) groups is 1. The highest BCUT2D eigenvalue weighted by atomic mass is 16.5. The molecule has 1 aromatic carbocycles. The fraction of sp³-hybridized carbons (Fsp3) is 0.278. The predicted molar refractivity (Wildman–Crippen MR) is 90.6 cm³/mol. The number of ether oxygens (including phenoxy) is 1. The van der Waals surface area contributed by atoms with Crippen molar-refractivity contribution in [3.63, 3.8) is 0 Å². The van der Waals surface area contributed by atoms with Crippen molar-refractivity contribution in [3.05, 3.63) is 48.9 Å². The summed E-state index contributed by atoms with van der Waals surface area (Å²) in [4.78, 5) is 20.7. The number of hydrogen-bond donors (Lipinski definition) is 1. The third-order valence-electron chi connectivity index (χ3n) is 4.14. The highest BCUT2D eigenvalue weighted by Gasteiger charge is 2.19. The van der Waals surface area contributed by atoms with Gasteiger partial charge in [-0.1, -0.05) is 12.1 Å². The Morgan fingerprint density at radius 2 is 2.21 bits per heavy atom. The van der Waals surface area contributed by atoms with Crippen molar-refractivity contribution in [2.75, 3.05) is 11.9 Å². The van der Waals surface area contributed by atoms with Gasteiger partial charge in [0, 0.05) is 36.4 Å². The number of nitrogens with zero attached hydrogens (tertiary/aromatic N) is 3. The SMILES string of the molecule is O=C(CC1CCCO1)Nc1ccc(-c2cn3cccnc3n2)cc1. The van der Waals surface area contributed by atoms with Gasteiger partial charge in [0.05, 0.1) is 18.2 Å². The molecular formula is C18H18N4O2. The monoisotopic (exact) mass is 322 g/mol. The summed E-state index contributed by atoms with van der Waals surface area (Å²) in [5.74, 6) is 0.660. The van der Waals surface area contributed by atoms with Crippen LogP contribution in [0, 0.1) is 0 Å². The number of fused-ring (bicyclic) bond motifs is 1. The van der Waals surface area contributed by atoms with E-state index in [0.29, 0.717) is 12.2 Å². The van der Waals surface area contributed by atoms with Crippen LogP contribution in [0.1, 0.15) is 19.3 Å². The minimum absolute atomic E-state index is 0.00780. The van der Waals surface area contributed by atoms with Crippen LogP contribution in [0.3, 0.4) is 0 Å². The number of benzene rings is 1. The highest BCUT2D eigenvalue weighted by molar-refractivity contribution is 5.91. The molecule has 1 aliphatic rings. The molecule has 3 heterocycles. The van der Waals surface area contributed by atoms with Crippen molar-refractivity contribution in [2.45, 2.75) is 25.4 Å². The Morgan fingerprint density at radius 1 is 1.33 bits per heavy atom. The van der Waals surface area contributed by atoms with Crippen molar-refractivity contribution in [2.24, 2.45) is 0 Å². The zero-order valence-electron chi connectivity index (χ0n) is 13.2. The lowest BCUT2D eigenvalue weighted by atomic mass is 10.1. The van der Waals surface area contributed by atoms with Crippen molar-refractivity contribution in [3.8, 4) is 11.3 Å². The van der Waals surface area contributed by atoms with E-state index in [4.69, 9.17) is 4.74 Å². The number of anilines is 1. The fourth-order valence-electron chi connectivity index (χ4n) is 2.92. The second kappa shape index (κ2) is 6.41. The molecule has 2 aromatic heterocycles. The molecule has 0 aliphatic carbocycles. The van der Waals surface area contributed by atoms with Crippen LogP contribution in [0.5, 0.6) is 0 Å². The molecule has 3 aromatic rings. The summed E-state index contributed by atoms with van der Waals surface area (Å²) in [6, 6.07) is 9.54. The number of imidazole rings is 1. The van der Waals surface area contributed by atoms with Gasteiger partial charge in [-0.3, -0.25) is 9.20 Å². The van der Waals surface area contributed by atoms with Gasteiger partial charge < -0.3 is 10.1 Å². The average molecular weight is 322 g/mol. The number of rotatable bonds is 4. The molecule has 4 rings (SSSR count). The summed E-state index contributed by atoms with van der Waals surface area (Å²) >= 11 is 0. The van der Waals surface area contributed by atoms with Crippen molar-refractivity contribution >= 4 is 17.4 Å². The maximum Gasteiger partial charge on any atom is 0.234 e. The second-order valence-corrected chi connectivity index (χ2v) is 5.92. The van der Waals surface area contributed by atoms with E-state index in [9.17, 15) is 4.79 Å². The molecule has 0 radical (unpaired) electrons. The van der Waals surface area contributed by atoms with Crippen molar-refractivity contribution in [1.29, 1.82) is 0 Å². The van der Waals surface area contributed by atoms with Gasteiger partial charge in [-0.15, -0.1) is 0 Å². The molecule has 6 nitrogen and oxygen atoms in total. The quantitative estimate of drug-likeness (QED) is 0.802. The highest BCUT2D eigenvalue weighted by Crippen LogP contribution is 2.21. The van der Waals surface area contributed by atoms with E-state index in [1.807, 2.05) is 47.1 Å². The molecule has 1 atom stereocenters. The average Bonchev–Trinajstić information content (AvgIpc) is 3.24. The molecule has 122 valence electrons. The van der Waals surface area contributed by atoms with Crippen molar-refractivity contribution in [1.82, 2.24) is 14.4 Å². The second-order valence-electron chi connectivity index (χ2n) is 5.92. The predicted octanol–water partition coefficient (Wildman–Crippen LogP) is 2.90. The minimum atomic E-state index is -0.00780. The summed E-state index contributed by atoms with van der Waals surface area (Å²) in [6.07, 6.45) is 8.06. The summed E-state index contributed by atoms with van der Waals surface area (Å²) in [5, 5.41) is 2.92. The van der Waals surface area contributed by atoms with E-state index in [1.165, 1.54) is 0 Å². The smallest absolute Gasteiger partial charge is 0.234 e. The van der Waals surface area contributed by atoms with Crippen LogP contribution in [0.15, 0.2) is 48.9 Å². The Balaban J connectivity index is 1.45. The Hall–Kier alpha value is -2.73. The first-order valence-electron chi connectivity index (χ1n) is 8.09. The molecule has 1 saturated heterocycles. The number of nitrogens with one attached hydrogen (secondary N) is 1. The molecule has 1 unspecified atom stereocenters. The lowest BCUT2D eigenvalue weighted by Gasteiger charge is -2.10. The van der Waals surface area contributed by atoms with Gasteiger partial charge in [-0.2, -0.15) is 0 Å². The molecule has 1 fully saturated rings. The summed E-state index contributed by atoms with van der Waals surface area (Å²) < 4.78 is 7.37. The van der Waals surface area contributed by atoms with Crippen LogP contribution < -0.4 is 5.32 Å². The van der Waals surface area contributed by atoms with Gasteiger partial charge in [0.25, 0.3) is 0 Å². The van der Waals surface area contributed by atoms with Crippen LogP contribution in [-0.2, 0) is 9.53 Å². The molecule has 0 spiro atoms. The van der Waals surface area contributed by atoms with E-state index in [0.717, 1.165) is 36.4 Å². The zero-order chi connectivity index (χ0) is 16.4. The lowest BCUT2D eigenvalue weighted by molar-refractivity contribution is -0.118. The van der Waals surface area contributed by atoms with Crippen LogP contribution in [0.25, 0.3) is 17.0 Å². The fourth-order valence-corrected chi connectivity index (χ4v) is 2.92. The standard InChI is InChI=1S/C18H18N4O2/c23-17(11-15-3-1-10-24-15)20-14-6-4-13(5-7-14)16-12-22-9-2-8-19-18(22)21-16/h2,4-9,12,15H,1,3,10-11H2,(H,20,23). The van der Waals surface area contributed by atoms with Crippen LogP contribution in [0.4, 0.5) is 5.69 Å². The number of hydrogen-bond acceptors (Lipinski definition) is 4. The zero-order valence-corrected chi connectivity index (χ0v) is 13.2. The Labute approximate surface area is 139 Å². The first kappa shape index (κ1) is 14.8. The number of amides is 1. The van der Waals surface area contributed by atoms with E-state index in [1.54, 1.807) is 6.20 Å². The molecule has 1 aliphatic heterocycles. The van der Waals surface area contributed by atoms with Crippen LogP contribution in [-0.4, -0.2) is 33.0 Å². The van der Waals surface area contributed by atoms with E-state index in [2.05, 4.69) is 15.3 Å². The lowest BCUT2D eigenvalue weighted by Crippen LogP contribution is -2.19. The number of carbonyl (C=O) groups excluding carboxylic acids is 1. The third kappa shape index (κ3) is 3.14. The molecule has 1 N–H and O–H groups in total. The number of aromatic nitrogens is 3. The van der Waals surface area contributed by atoms with Crippen LogP contribution in [0.2, 0.25) is 0 Å². The third-order valence-corrected chi connectivity index (χ3v) is 4.14. The maximum atomic E-state index is 12.0. The Bertz CT molecular complexity index is 818. The van der Waals surface area contributed by atoms with Gasteiger partial charge in [0.1, 0.15) is 0 Å². The first-order chi connectivity index (χ1) is 11.8. The molecule has 6 heteroatoms. The largest absolute Gasteiger partial charge is 0.378 e. The van der Waals surface area contributed by atoms with Gasteiger partial charge >= 0.3 is 0 Å².